The average Bonchev–Trinajstić information content (AvgIpc) is 2.73. The Hall–Kier alpha value is -2.30. The molecular formula is C18H22N4O4S2. The monoisotopic (exact) mass is 422 g/mol. The highest BCUT2D eigenvalue weighted by atomic mass is 32.2. The molecule has 1 saturated heterocycles. The lowest BCUT2D eigenvalue weighted by atomic mass is 10.2. The number of benzene rings is 2. The molecule has 8 nitrogen and oxygen atoms in total. The Kier molecular flexibility index (Phi) is 6.42. The third-order valence-corrected chi connectivity index (χ3v) is 6.89. The van der Waals surface area contributed by atoms with E-state index >= 15 is 0 Å². The maximum absolute atomic E-state index is 11.9. The van der Waals surface area contributed by atoms with Crippen LogP contribution < -0.4 is 14.9 Å². The second-order valence-electron chi connectivity index (χ2n) is 6.26. The van der Waals surface area contributed by atoms with Crippen LogP contribution in [0.3, 0.4) is 0 Å². The van der Waals surface area contributed by atoms with Crippen LogP contribution in [0.15, 0.2) is 47.4 Å². The molecule has 150 valence electrons. The van der Waals surface area contributed by atoms with Gasteiger partial charge in [0.15, 0.2) is 0 Å². The zero-order chi connectivity index (χ0) is 20.1. The largest absolute Gasteiger partial charge is 0.375 e. The summed E-state index contributed by atoms with van der Waals surface area (Å²) in [5.41, 5.74) is 2.16. The van der Waals surface area contributed by atoms with Gasteiger partial charge in [-0.2, -0.15) is 11.8 Å². The quantitative estimate of drug-likeness (QED) is 0.522. The molecule has 3 rings (SSSR count). The summed E-state index contributed by atoms with van der Waals surface area (Å²) in [5.74, 6) is 2.26. The van der Waals surface area contributed by atoms with Crippen LogP contribution in [0.25, 0.3) is 0 Å². The Morgan fingerprint density at radius 2 is 1.82 bits per heavy atom. The van der Waals surface area contributed by atoms with E-state index in [4.69, 9.17) is 0 Å². The number of sulfonamides is 1. The number of nitrogens with one attached hydrogen (secondary N) is 2. The van der Waals surface area contributed by atoms with Gasteiger partial charge in [-0.3, -0.25) is 10.1 Å². The minimum atomic E-state index is -3.74. The van der Waals surface area contributed by atoms with Gasteiger partial charge in [-0.15, -0.1) is 0 Å². The first-order chi connectivity index (χ1) is 13.4. The molecule has 10 heteroatoms. The number of thioether (sulfide) groups is 1. The van der Waals surface area contributed by atoms with Gasteiger partial charge in [0.05, 0.1) is 9.82 Å². The van der Waals surface area contributed by atoms with Crippen LogP contribution in [-0.4, -0.2) is 45.0 Å². The van der Waals surface area contributed by atoms with Crippen molar-refractivity contribution in [1.29, 1.82) is 0 Å². The molecule has 0 amide bonds. The van der Waals surface area contributed by atoms with Gasteiger partial charge in [0.2, 0.25) is 10.0 Å². The SMILES string of the molecule is CNS(=O)(=O)c1ccc(NCc2ccc(N3CCSCC3)cc2)c([N+](=O)[O-])c1. The highest BCUT2D eigenvalue weighted by Crippen LogP contribution is 2.28. The molecule has 0 unspecified atom stereocenters. The van der Waals surface area contributed by atoms with Crippen molar-refractivity contribution in [2.45, 2.75) is 11.4 Å². The molecule has 1 aliphatic heterocycles. The lowest BCUT2D eigenvalue weighted by molar-refractivity contribution is -0.384. The minimum absolute atomic E-state index is 0.142. The second-order valence-corrected chi connectivity index (χ2v) is 9.37. The number of hydrogen-bond acceptors (Lipinski definition) is 7. The molecule has 0 atom stereocenters. The van der Waals surface area contributed by atoms with Crippen LogP contribution in [0.5, 0.6) is 0 Å². The number of rotatable bonds is 7. The first-order valence-electron chi connectivity index (χ1n) is 8.78. The van der Waals surface area contributed by atoms with Crippen molar-refractivity contribution in [3.8, 4) is 0 Å². The van der Waals surface area contributed by atoms with E-state index in [0.717, 1.165) is 36.2 Å². The molecule has 0 aliphatic carbocycles. The van der Waals surface area contributed by atoms with Gasteiger partial charge in [0.25, 0.3) is 5.69 Å². The zero-order valence-electron chi connectivity index (χ0n) is 15.4. The van der Waals surface area contributed by atoms with Crippen LogP contribution in [0.1, 0.15) is 5.56 Å². The highest BCUT2D eigenvalue weighted by Gasteiger charge is 2.20. The standard InChI is InChI=1S/C18H22N4O4S2/c1-19-28(25,26)16-6-7-17(18(12-16)22(23)24)20-13-14-2-4-15(5-3-14)21-8-10-27-11-9-21/h2-7,12,19-20H,8-11,13H2,1H3. The Balaban J connectivity index is 1.72. The third kappa shape index (κ3) is 4.75. The summed E-state index contributed by atoms with van der Waals surface area (Å²) in [6, 6.07) is 11.9. The van der Waals surface area contributed by atoms with E-state index in [1.165, 1.54) is 24.9 Å². The van der Waals surface area contributed by atoms with Crippen molar-refractivity contribution >= 4 is 38.8 Å². The summed E-state index contributed by atoms with van der Waals surface area (Å²) in [6.45, 7) is 2.47. The maximum atomic E-state index is 11.9. The molecule has 0 bridgehead atoms. The Bertz CT molecular complexity index is 943. The molecule has 0 aromatic heterocycles. The van der Waals surface area contributed by atoms with Crippen molar-refractivity contribution in [1.82, 2.24) is 4.72 Å². The molecule has 0 radical (unpaired) electrons. The van der Waals surface area contributed by atoms with Crippen LogP contribution in [0.4, 0.5) is 17.1 Å². The van der Waals surface area contributed by atoms with Crippen molar-refractivity contribution < 1.29 is 13.3 Å². The van der Waals surface area contributed by atoms with Crippen molar-refractivity contribution in [2.75, 3.05) is 41.9 Å². The van der Waals surface area contributed by atoms with Crippen LogP contribution in [-0.2, 0) is 16.6 Å². The average molecular weight is 423 g/mol. The fourth-order valence-electron chi connectivity index (χ4n) is 2.94. The van der Waals surface area contributed by atoms with Crippen molar-refractivity contribution in [3.05, 3.63) is 58.1 Å². The number of nitro benzene ring substituents is 1. The van der Waals surface area contributed by atoms with E-state index in [0.29, 0.717) is 6.54 Å². The third-order valence-electron chi connectivity index (χ3n) is 4.54. The molecular weight excluding hydrogens is 400 g/mol. The molecule has 2 aromatic rings. The summed E-state index contributed by atoms with van der Waals surface area (Å²) in [7, 11) is -2.48. The molecule has 1 heterocycles. The summed E-state index contributed by atoms with van der Waals surface area (Å²) in [4.78, 5) is 13.0. The summed E-state index contributed by atoms with van der Waals surface area (Å²) in [6.07, 6.45) is 0. The van der Waals surface area contributed by atoms with Gasteiger partial charge in [-0.05, 0) is 36.9 Å². The minimum Gasteiger partial charge on any atom is -0.375 e. The molecule has 1 fully saturated rings. The summed E-state index contributed by atoms with van der Waals surface area (Å²) < 4.78 is 25.9. The van der Waals surface area contributed by atoms with Crippen molar-refractivity contribution in [2.24, 2.45) is 0 Å². The molecule has 1 aliphatic rings. The van der Waals surface area contributed by atoms with Gasteiger partial charge in [-0.1, -0.05) is 12.1 Å². The van der Waals surface area contributed by atoms with E-state index in [2.05, 4.69) is 27.1 Å². The van der Waals surface area contributed by atoms with E-state index in [-0.39, 0.29) is 16.3 Å². The molecule has 0 saturated carbocycles. The highest BCUT2D eigenvalue weighted by molar-refractivity contribution is 7.99. The lowest BCUT2D eigenvalue weighted by Gasteiger charge is -2.28. The van der Waals surface area contributed by atoms with Gasteiger partial charge >= 0.3 is 0 Å². The lowest BCUT2D eigenvalue weighted by Crippen LogP contribution is -2.32. The number of hydrogen-bond donors (Lipinski definition) is 2. The van der Waals surface area contributed by atoms with E-state index in [9.17, 15) is 18.5 Å². The smallest absolute Gasteiger partial charge is 0.293 e. The normalized spacial score (nSPS) is 14.7. The zero-order valence-corrected chi connectivity index (χ0v) is 17.1. The van der Waals surface area contributed by atoms with Crippen LogP contribution >= 0.6 is 11.8 Å². The number of nitro groups is 1. The topological polar surface area (TPSA) is 105 Å². The summed E-state index contributed by atoms with van der Waals surface area (Å²) in [5, 5.41) is 14.4. The molecule has 28 heavy (non-hydrogen) atoms. The predicted octanol–water partition coefficient (Wildman–Crippen LogP) is 2.67. The van der Waals surface area contributed by atoms with Crippen molar-refractivity contribution in [3.63, 3.8) is 0 Å². The van der Waals surface area contributed by atoms with Crippen LogP contribution in [0.2, 0.25) is 0 Å². The van der Waals surface area contributed by atoms with Gasteiger partial charge in [0.1, 0.15) is 5.69 Å². The predicted molar refractivity (Wildman–Crippen MR) is 113 cm³/mol. The molecule has 2 aromatic carbocycles. The van der Waals surface area contributed by atoms with E-state index in [1.807, 2.05) is 23.9 Å². The van der Waals surface area contributed by atoms with E-state index in [1.54, 1.807) is 0 Å². The molecule has 2 N–H and O–H groups in total. The van der Waals surface area contributed by atoms with Gasteiger partial charge in [0, 0.05) is 42.9 Å². The van der Waals surface area contributed by atoms with E-state index < -0.39 is 14.9 Å². The first-order valence-corrected chi connectivity index (χ1v) is 11.4. The summed E-state index contributed by atoms with van der Waals surface area (Å²) >= 11 is 1.96. The van der Waals surface area contributed by atoms with Crippen LogP contribution in [0, 0.1) is 10.1 Å². The Morgan fingerprint density at radius 1 is 1.14 bits per heavy atom. The fourth-order valence-corrected chi connectivity index (χ4v) is 4.59. The number of anilines is 2. The Labute approximate surface area is 168 Å². The fraction of sp³-hybridized carbons (Fsp3) is 0.333. The maximum Gasteiger partial charge on any atom is 0.293 e. The first kappa shape index (κ1) is 20.4. The molecule has 0 spiro atoms. The van der Waals surface area contributed by atoms with Gasteiger partial charge in [-0.25, -0.2) is 13.1 Å². The second kappa shape index (κ2) is 8.80. The number of nitrogens with zero attached hydrogens (tertiary/aromatic N) is 2. The Morgan fingerprint density at radius 3 is 2.43 bits per heavy atom. The van der Waals surface area contributed by atoms with Gasteiger partial charge < -0.3 is 10.2 Å².